The van der Waals surface area contributed by atoms with Crippen LogP contribution >= 0.6 is 0 Å². The fourth-order valence-corrected chi connectivity index (χ4v) is 4.15. The Kier molecular flexibility index (Phi) is 5.90. The van der Waals surface area contributed by atoms with Gasteiger partial charge in [0.15, 0.2) is 0 Å². The minimum absolute atomic E-state index is 0.0563. The third-order valence-electron chi connectivity index (χ3n) is 5.95. The van der Waals surface area contributed by atoms with E-state index in [2.05, 4.69) is 32.5 Å². The lowest BCUT2D eigenvalue weighted by atomic mass is 10.0. The van der Waals surface area contributed by atoms with Crippen LogP contribution in [0.1, 0.15) is 31.2 Å². The smallest absolute Gasteiger partial charge is 0.334 e. The second kappa shape index (κ2) is 9.30. The number of nitrogens with zero attached hydrogens (tertiary/aromatic N) is 7. The Labute approximate surface area is 196 Å². The third-order valence-corrected chi connectivity index (χ3v) is 5.95. The molecule has 5 aromatic rings. The lowest BCUT2D eigenvalue weighted by molar-refractivity contribution is 0.661. The molecular formula is C25H26N8O. The number of hydrogen-bond acceptors (Lipinski definition) is 5. The molecule has 4 aromatic heterocycles. The van der Waals surface area contributed by atoms with Gasteiger partial charge in [0.1, 0.15) is 5.82 Å². The van der Waals surface area contributed by atoms with Crippen molar-refractivity contribution >= 4 is 0 Å². The Morgan fingerprint density at radius 2 is 1.88 bits per heavy atom. The summed E-state index contributed by atoms with van der Waals surface area (Å²) in [6, 6.07) is 15.9. The number of pyridine rings is 1. The van der Waals surface area contributed by atoms with E-state index in [1.807, 2.05) is 77.1 Å². The lowest BCUT2D eigenvalue weighted by Gasteiger charge is -2.09. The quantitative estimate of drug-likeness (QED) is 0.386. The number of aromatic nitrogens is 8. The molecule has 4 heterocycles. The molecule has 9 heteroatoms. The highest BCUT2D eigenvalue weighted by atomic mass is 16.1. The summed E-state index contributed by atoms with van der Waals surface area (Å²) in [7, 11) is 1.94. The summed E-state index contributed by atoms with van der Waals surface area (Å²) >= 11 is 0. The van der Waals surface area contributed by atoms with Crippen LogP contribution in [0.25, 0.3) is 28.3 Å². The molecule has 0 aliphatic rings. The van der Waals surface area contributed by atoms with Crippen molar-refractivity contribution in [2.45, 2.75) is 32.7 Å². The summed E-state index contributed by atoms with van der Waals surface area (Å²) < 4.78 is 5.51. The molecule has 0 fully saturated rings. The molecule has 0 bridgehead atoms. The second-order valence-electron chi connectivity index (χ2n) is 8.29. The topological polar surface area (TPSA) is 99.2 Å². The molecule has 0 atom stereocenters. The molecule has 0 aliphatic carbocycles. The maximum absolute atomic E-state index is 13.4. The first-order valence-electron chi connectivity index (χ1n) is 11.4. The summed E-state index contributed by atoms with van der Waals surface area (Å²) in [4.78, 5) is 18.0. The molecule has 0 aliphatic heterocycles. The SMILES string of the molecule is CCCCc1cn(-c2cccn2C)c(=O)n1Cc1cc(-c2cccc(-c3nn[nH]n3)c2)ccn1. The standard InChI is InChI=1S/C25H26N8O/c1-3-4-9-22-17-33(23-10-6-13-31(23)2)25(34)32(22)16-21-15-19(11-12-26-21)18-7-5-8-20(14-18)24-27-29-30-28-24/h5-8,10-15,17H,3-4,9,16H2,1-2H3,(H,27,28,29,30). The Balaban J connectivity index is 1.49. The van der Waals surface area contributed by atoms with Crippen LogP contribution in [0.15, 0.2) is 71.9 Å². The average molecular weight is 455 g/mol. The van der Waals surface area contributed by atoms with Gasteiger partial charge in [-0.3, -0.25) is 14.1 Å². The Morgan fingerprint density at radius 3 is 2.65 bits per heavy atom. The van der Waals surface area contributed by atoms with Crippen molar-refractivity contribution < 1.29 is 0 Å². The number of unbranched alkanes of at least 4 members (excludes halogenated alkanes) is 1. The van der Waals surface area contributed by atoms with E-state index in [0.29, 0.717) is 12.4 Å². The van der Waals surface area contributed by atoms with E-state index in [-0.39, 0.29) is 5.69 Å². The zero-order valence-corrected chi connectivity index (χ0v) is 19.2. The first kappa shape index (κ1) is 21.6. The van der Waals surface area contributed by atoms with Gasteiger partial charge in [0.05, 0.1) is 12.2 Å². The number of tetrazole rings is 1. The van der Waals surface area contributed by atoms with Gasteiger partial charge < -0.3 is 4.57 Å². The van der Waals surface area contributed by atoms with Crippen molar-refractivity contribution in [1.82, 2.24) is 39.3 Å². The van der Waals surface area contributed by atoms with Crippen LogP contribution in [0.3, 0.4) is 0 Å². The van der Waals surface area contributed by atoms with Crippen molar-refractivity contribution in [3.8, 4) is 28.3 Å². The maximum atomic E-state index is 13.4. The van der Waals surface area contributed by atoms with Gasteiger partial charge in [-0.2, -0.15) is 5.21 Å². The predicted octanol–water partition coefficient (Wildman–Crippen LogP) is 3.61. The number of nitrogens with one attached hydrogen (secondary N) is 1. The van der Waals surface area contributed by atoms with Gasteiger partial charge in [-0.25, -0.2) is 4.79 Å². The zero-order valence-electron chi connectivity index (χ0n) is 19.2. The molecule has 0 amide bonds. The summed E-state index contributed by atoms with van der Waals surface area (Å²) in [5.41, 5.74) is 4.69. The molecule has 1 aromatic carbocycles. The molecule has 9 nitrogen and oxygen atoms in total. The monoisotopic (exact) mass is 454 g/mol. The van der Waals surface area contributed by atoms with Crippen LogP contribution < -0.4 is 5.69 Å². The molecule has 0 saturated heterocycles. The number of aromatic amines is 1. The Hall–Kier alpha value is -4.27. The van der Waals surface area contributed by atoms with Crippen LogP contribution in [-0.2, 0) is 20.0 Å². The van der Waals surface area contributed by atoms with Gasteiger partial charge in [0.25, 0.3) is 0 Å². The highest BCUT2D eigenvalue weighted by Gasteiger charge is 2.15. The van der Waals surface area contributed by atoms with Crippen molar-refractivity contribution in [3.63, 3.8) is 0 Å². The number of rotatable bonds is 8. The fraction of sp³-hybridized carbons (Fsp3) is 0.240. The van der Waals surface area contributed by atoms with Crippen molar-refractivity contribution in [2.75, 3.05) is 0 Å². The van der Waals surface area contributed by atoms with E-state index in [9.17, 15) is 4.79 Å². The number of aryl methyl sites for hydroxylation is 2. The molecule has 0 saturated carbocycles. The highest BCUT2D eigenvalue weighted by molar-refractivity contribution is 5.70. The summed E-state index contributed by atoms with van der Waals surface area (Å²) in [6.45, 7) is 2.57. The molecular weight excluding hydrogens is 428 g/mol. The van der Waals surface area contributed by atoms with Crippen LogP contribution in [0.4, 0.5) is 0 Å². The minimum atomic E-state index is -0.0563. The second-order valence-corrected chi connectivity index (χ2v) is 8.29. The van der Waals surface area contributed by atoms with E-state index >= 15 is 0 Å². The van der Waals surface area contributed by atoms with Gasteiger partial charge in [0, 0.05) is 36.9 Å². The summed E-state index contributed by atoms with van der Waals surface area (Å²) in [6.07, 6.45) is 8.62. The van der Waals surface area contributed by atoms with E-state index in [4.69, 9.17) is 0 Å². The largest absolute Gasteiger partial charge is 0.337 e. The van der Waals surface area contributed by atoms with Gasteiger partial charge >= 0.3 is 5.69 Å². The van der Waals surface area contributed by atoms with E-state index in [1.54, 1.807) is 10.8 Å². The van der Waals surface area contributed by atoms with Crippen molar-refractivity contribution in [3.05, 3.63) is 89.0 Å². The normalized spacial score (nSPS) is 11.2. The van der Waals surface area contributed by atoms with Crippen molar-refractivity contribution in [2.24, 2.45) is 7.05 Å². The van der Waals surface area contributed by atoms with Crippen LogP contribution in [0, 0.1) is 0 Å². The Bertz CT molecular complexity index is 1460. The summed E-state index contributed by atoms with van der Waals surface area (Å²) in [5, 5.41) is 14.3. The zero-order chi connectivity index (χ0) is 23.5. The van der Waals surface area contributed by atoms with Gasteiger partial charge in [0.2, 0.25) is 5.82 Å². The highest BCUT2D eigenvalue weighted by Crippen LogP contribution is 2.24. The van der Waals surface area contributed by atoms with Gasteiger partial charge in [-0.05, 0) is 59.5 Å². The van der Waals surface area contributed by atoms with E-state index < -0.39 is 0 Å². The first-order valence-corrected chi connectivity index (χ1v) is 11.4. The van der Waals surface area contributed by atoms with E-state index in [1.165, 1.54) is 0 Å². The van der Waals surface area contributed by atoms with Crippen LogP contribution in [-0.4, -0.2) is 39.3 Å². The van der Waals surface area contributed by atoms with Gasteiger partial charge in [-0.1, -0.05) is 31.5 Å². The van der Waals surface area contributed by atoms with Gasteiger partial charge in [-0.15, -0.1) is 10.2 Å². The molecule has 0 spiro atoms. The third kappa shape index (κ3) is 4.19. The van der Waals surface area contributed by atoms with Crippen LogP contribution in [0.5, 0.6) is 0 Å². The van der Waals surface area contributed by atoms with E-state index in [0.717, 1.165) is 53.2 Å². The number of imidazole rings is 1. The number of benzene rings is 1. The van der Waals surface area contributed by atoms with Crippen LogP contribution in [0.2, 0.25) is 0 Å². The molecule has 0 unspecified atom stereocenters. The molecule has 5 rings (SSSR count). The van der Waals surface area contributed by atoms with Crippen molar-refractivity contribution in [1.29, 1.82) is 0 Å². The predicted molar refractivity (Wildman–Crippen MR) is 130 cm³/mol. The number of hydrogen-bond donors (Lipinski definition) is 1. The first-order chi connectivity index (χ1) is 16.6. The molecule has 0 radical (unpaired) electrons. The minimum Gasteiger partial charge on any atom is -0.337 e. The summed E-state index contributed by atoms with van der Waals surface area (Å²) in [5.74, 6) is 1.40. The molecule has 172 valence electrons. The fourth-order valence-electron chi connectivity index (χ4n) is 4.15. The maximum Gasteiger partial charge on any atom is 0.334 e. The lowest BCUT2D eigenvalue weighted by Crippen LogP contribution is -2.26. The number of H-pyrrole nitrogens is 1. The molecule has 1 N–H and O–H groups in total. The Morgan fingerprint density at radius 1 is 1.03 bits per heavy atom. The molecule has 34 heavy (non-hydrogen) atoms. The average Bonchev–Trinajstić information content (AvgIpc) is 3.60.